The molecular formula is C23H30O5. The maximum Gasteiger partial charge on any atom is 0.338 e. The molecule has 0 spiro atoms. The summed E-state index contributed by atoms with van der Waals surface area (Å²) in [5.41, 5.74) is 0.463. The minimum atomic E-state index is -0.538. The van der Waals surface area contributed by atoms with Gasteiger partial charge in [-0.25, -0.2) is 4.79 Å². The van der Waals surface area contributed by atoms with Crippen LogP contribution in [-0.4, -0.2) is 40.1 Å². The van der Waals surface area contributed by atoms with Crippen molar-refractivity contribution in [1.29, 1.82) is 0 Å². The predicted octanol–water partition coefficient (Wildman–Crippen LogP) is 2.43. The second-order valence-corrected chi connectivity index (χ2v) is 10.5. The Morgan fingerprint density at radius 2 is 1.93 bits per heavy atom. The highest BCUT2D eigenvalue weighted by Gasteiger charge is 2.66. The molecule has 0 amide bonds. The molecule has 0 aromatic carbocycles. The molecule has 1 saturated heterocycles. The van der Waals surface area contributed by atoms with Crippen molar-refractivity contribution in [3.63, 3.8) is 0 Å². The summed E-state index contributed by atoms with van der Waals surface area (Å²) in [5.74, 6) is 1.36. The first-order chi connectivity index (χ1) is 13.3. The number of allylic oxidation sites excluding steroid dienone is 1. The van der Waals surface area contributed by atoms with Crippen molar-refractivity contribution < 1.29 is 24.5 Å². The summed E-state index contributed by atoms with van der Waals surface area (Å²) in [4.78, 5) is 13.1. The molecule has 3 heterocycles. The fourth-order valence-corrected chi connectivity index (χ4v) is 7.81. The Labute approximate surface area is 165 Å². The number of carbonyl (C=O) groups is 1. The van der Waals surface area contributed by atoms with Gasteiger partial charge < -0.3 is 19.7 Å². The Balaban J connectivity index is 1.53. The van der Waals surface area contributed by atoms with Crippen molar-refractivity contribution in [2.24, 2.45) is 47.3 Å². The van der Waals surface area contributed by atoms with Crippen LogP contribution in [0.4, 0.5) is 0 Å². The fraction of sp³-hybridized carbons (Fsp3) is 0.783. The maximum atomic E-state index is 13.1. The quantitative estimate of drug-likeness (QED) is 0.494. The number of ether oxygens (including phenoxy) is 2. The van der Waals surface area contributed by atoms with Crippen LogP contribution < -0.4 is 0 Å². The van der Waals surface area contributed by atoms with Crippen LogP contribution in [0.25, 0.3) is 0 Å². The minimum Gasteiger partial charge on any atom is -0.491 e. The summed E-state index contributed by atoms with van der Waals surface area (Å²) in [6.45, 7) is 6.27. The van der Waals surface area contributed by atoms with Crippen LogP contribution in [0, 0.1) is 47.3 Å². The number of rotatable bonds is 0. The van der Waals surface area contributed by atoms with E-state index in [1.807, 2.05) is 6.92 Å². The van der Waals surface area contributed by atoms with Gasteiger partial charge in [-0.2, -0.15) is 0 Å². The van der Waals surface area contributed by atoms with Gasteiger partial charge >= 0.3 is 5.97 Å². The number of fused-ring (bicyclic) bond motifs is 9. The summed E-state index contributed by atoms with van der Waals surface area (Å²) in [6, 6.07) is 0. The van der Waals surface area contributed by atoms with E-state index < -0.39 is 12.2 Å². The average Bonchev–Trinajstić information content (AvgIpc) is 3.15. The van der Waals surface area contributed by atoms with E-state index in [0.717, 1.165) is 30.6 Å². The van der Waals surface area contributed by atoms with E-state index >= 15 is 0 Å². The fourth-order valence-electron chi connectivity index (χ4n) is 7.81. The molecule has 152 valence electrons. The zero-order valence-corrected chi connectivity index (χ0v) is 16.7. The van der Waals surface area contributed by atoms with E-state index in [2.05, 4.69) is 26.0 Å². The smallest absolute Gasteiger partial charge is 0.338 e. The van der Waals surface area contributed by atoms with Gasteiger partial charge in [0.2, 0.25) is 0 Å². The molecule has 3 fully saturated rings. The first-order valence-corrected chi connectivity index (χ1v) is 11.0. The van der Waals surface area contributed by atoms with Gasteiger partial charge in [-0.05, 0) is 43.9 Å². The van der Waals surface area contributed by atoms with Gasteiger partial charge in [0.25, 0.3) is 0 Å². The molecule has 5 heteroatoms. The number of aliphatic hydroxyl groups excluding tert-OH is 2. The summed E-state index contributed by atoms with van der Waals surface area (Å²) in [6.07, 6.45) is 5.97. The van der Waals surface area contributed by atoms with Crippen molar-refractivity contribution in [3.8, 4) is 0 Å². The normalized spacial score (nSPS) is 58.6. The van der Waals surface area contributed by atoms with E-state index in [1.165, 1.54) is 0 Å². The lowest BCUT2D eigenvalue weighted by atomic mass is 9.64. The first kappa shape index (κ1) is 17.5. The van der Waals surface area contributed by atoms with Gasteiger partial charge in [0, 0.05) is 23.7 Å². The molecule has 0 radical (unpaired) electrons. The molecule has 6 rings (SSSR count). The van der Waals surface area contributed by atoms with Gasteiger partial charge in [-0.3, -0.25) is 0 Å². The molecule has 3 aliphatic carbocycles. The third-order valence-corrected chi connectivity index (χ3v) is 9.31. The molecule has 2 saturated carbocycles. The maximum absolute atomic E-state index is 13.1. The molecule has 28 heavy (non-hydrogen) atoms. The average molecular weight is 386 g/mol. The zero-order valence-electron chi connectivity index (χ0n) is 16.7. The van der Waals surface area contributed by atoms with Gasteiger partial charge in [-0.15, -0.1) is 0 Å². The van der Waals surface area contributed by atoms with Crippen LogP contribution in [0.15, 0.2) is 23.5 Å². The van der Waals surface area contributed by atoms with Crippen LogP contribution >= 0.6 is 0 Å². The highest BCUT2D eigenvalue weighted by atomic mass is 16.6. The molecule has 0 unspecified atom stereocenters. The number of esters is 1. The third kappa shape index (κ3) is 1.93. The van der Waals surface area contributed by atoms with E-state index in [4.69, 9.17) is 9.47 Å². The highest BCUT2D eigenvalue weighted by molar-refractivity contribution is 5.91. The lowest BCUT2D eigenvalue weighted by molar-refractivity contribution is -0.154. The Kier molecular flexibility index (Phi) is 3.39. The first-order valence-electron chi connectivity index (χ1n) is 11.0. The Hall–Kier alpha value is -1.33. The molecule has 5 nitrogen and oxygen atoms in total. The number of carbonyl (C=O) groups excluding carboxylic acids is 1. The molecule has 6 aliphatic rings. The van der Waals surface area contributed by atoms with Crippen molar-refractivity contribution in [2.75, 3.05) is 0 Å². The summed E-state index contributed by atoms with van der Waals surface area (Å²) in [7, 11) is 0. The van der Waals surface area contributed by atoms with Crippen LogP contribution in [0.2, 0.25) is 0 Å². The van der Waals surface area contributed by atoms with E-state index in [9.17, 15) is 15.0 Å². The summed E-state index contributed by atoms with van der Waals surface area (Å²) < 4.78 is 12.5. The summed E-state index contributed by atoms with van der Waals surface area (Å²) >= 11 is 0. The van der Waals surface area contributed by atoms with Gasteiger partial charge in [0.05, 0.1) is 23.7 Å². The van der Waals surface area contributed by atoms with Crippen LogP contribution in [0.1, 0.15) is 40.0 Å². The highest BCUT2D eigenvalue weighted by Crippen LogP contribution is 2.65. The lowest BCUT2D eigenvalue weighted by Gasteiger charge is -2.48. The Morgan fingerprint density at radius 3 is 2.71 bits per heavy atom. The number of hydrogen-bond acceptors (Lipinski definition) is 5. The van der Waals surface area contributed by atoms with Gasteiger partial charge in [0.1, 0.15) is 17.5 Å². The molecule has 0 aromatic heterocycles. The van der Waals surface area contributed by atoms with Crippen LogP contribution in [0.5, 0.6) is 0 Å². The second-order valence-electron chi connectivity index (χ2n) is 10.5. The molecule has 3 aliphatic heterocycles. The van der Waals surface area contributed by atoms with E-state index in [1.54, 1.807) is 0 Å². The number of aliphatic hydroxyl groups is 2. The third-order valence-electron chi connectivity index (χ3n) is 9.31. The van der Waals surface area contributed by atoms with Crippen molar-refractivity contribution in [2.45, 2.75) is 63.9 Å². The molecule has 2 N–H and O–H groups in total. The lowest BCUT2D eigenvalue weighted by Crippen LogP contribution is -2.49. The molecule has 12 atom stereocenters. The van der Waals surface area contributed by atoms with Crippen molar-refractivity contribution in [1.82, 2.24) is 0 Å². The largest absolute Gasteiger partial charge is 0.491 e. The topological polar surface area (TPSA) is 76.0 Å². The Bertz CT molecular complexity index is 801. The van der Waals surface area contributed by atoms with E-state index in [-0.39, 0.29) is 59.1 Å². The SMILES string of the molecule is C[C@@H]1[C@@H](O)[C@H]2[C@@H](C=C[C@@H]3C[C@@H]4[C@@H](C5=C6O[C@]4(C)CC[C@@H](OC5=O)[C@@H]6C)[C@H]23)[C@H]1O. The minimum absolute atomic E-state index is 0.00678. The Morgan fingerprint density at radius 1 is 1.14 bits per heavy atom. The van der Waals surface area contributed by atoms with Crippen molar-refractivity contribution in [3.05, 3.63) is 23.5 Å². The second kappa shape index (κ2) is 5.42. The monoisotopic (exact) mass is 386 g/mol. The van der Waals surface area contributed by atoms with Crippen molar-refractivity contribution >= 4 is 5.97 Å². The van der Waals surface area contributed by atoms with E-state index in [0.29, 0.717) is 5.92 Å². The van der Waals surface area contributed by atoms with Crippen LogP contribution in [-0.2, 0) is 14.3 Å². The van der Waals surface area contributed by atoms with Crippen LogP contribution in [0.3, 0.4) is 0 Å². The molecule has 3 bridgehead atoms. The predicted molar refractivity (Wildman–Crippen MR) is 101 cm³/mol. The zero-order chi connectivity index (χ0) is 19.5. The van der Waals surface area contributed by atoms with Gasteiger partial charge in [0.15, 0.2) is 0 Å². The van der Waals surface area contributed by atoms with Gasteiger partial charge in [-0.1, -0.05) is 26.0 Å². The molecular weight excluding hydrogens is 356 g/mol. The number of hydrogen-bond donors (Lipinski definition) is 2. The molecule has 0 aromatic rings. The standard InChI is InChI=1S/C23H30O5/c1-9-14-6-7-23(3)13-8-11-4-5-12-16(20(25)10(2)19(12)24)15(11)17(13)18(21(9)28-23)22(26)27-14/h4-5,9-17,19-20,24-25H,6-8H2,1-3H3/t9-,10-,11+,12+,13+,14+,15-,16-,17+,19-,20+,23+/m0/s1. The summed E-state index contributed by atoms with van der Waals surface area (Å²) in [5, 5.41) is 21.8.